The molecule has 0 aliphatic heterocycles. The lowest BCUT2D eigenvalue weighted by Crippen LogP contribution is -2.37. The first-order valence-electron chi connectivity index (χ1n) is 9.28. The van der Waals surface area contributed by atoms with Gasteiger partial charge in [0.05, 0.1) is 0 Å². The quantitative estimate of drug-likeness (QED) is 0.343. The summed E-state index contributed by atoms with van der Waals surface area (Å²) in [4.78, 5) is 12.2. The van der Waals surface area contributed by atoms with E-state index in [1.807, 2.05) is 20.8 Å². The van der Waals surface area contributed by atoms with Gasteiger partial charge in [-0.3, -0.25) is 4.79 Å². The van der Waals surface area contributed by atoms with Gasteiger partial charge in [-0.15, -0.1) is 0 Å². The van der Waals surface area contributed by atoms with Crippen molar-refractivity contribution in [3.63, 3.8) is 0 Å². The molecule has 0 bridgehead atoms. The Morgan fingerprint density at radius 2 is 1.29 bits per heavy atom. The van der Waals surface area contributed by atoms with Crippen LogP contribution in [0, 0.1) is 0 Å². The Morgan fingerprint density at radius 1 is 0.810 bits per heavy atom. The standard InChI is InChI=1S/C19H38O2/c1-5-8-9-10-11-12-13-14-15-16-17-18(20)19(4,6-2)21-7-3/h5-17H2,1-4H3. The lowest BCUT2D eigenvalue weighted by atomic mass is 9.93. The molecule has 1 unspecified atom stereocenters. The van der Waals surface area contributed by atoms with E-state index < -0.39 is 5.60 Å². The molecule has 0 fully saturated rings. The van der Waals surface area contributed by atoms with Gasteiger partial charge in [-0.25, -0.2) is 0 Å². The van der Waals surface area contributed by atoms with Crippen LogP contribution in [0.2, 0.25) is 0 Å². The summed E-state index contributed by atoms with van der Waals surface area (Å²) >= 11 is 0. The van der Waals surface area contributed by atoms with Gasteiger partial charge in [-0.05, 0) is 26.7 Å². The third-order valence-corrected chi connectivity index (χ3v) is 4.48. The number of rotatable bonds is 15. The highest BCUT2D eigenvalue weighted by molar-refractivity contribution is 5.86. The molecule has 0 aromatic heterocycles. The fraction of sp³-hybridized carbons (Fsp3) is 0.947. The first-order valence-corrected chi connectivity index (χ1v) is 9.28. The van der Waals surface area contributed by atoms with Gasteiger partial charge in [-0.1, -0.05) is 71.6 Å². The predicted octanol–water partition coefficient (Wildman–Crippen LogP) is 6.07. The van der Waals surface area contributed by atoms with Gasteiger partial charge in [0.25, 0.3) is 0 Å². The van der Waals surface area contributed by atoms with E-state index in [4.69, 9.17) is 4.74 Å². The van der Waals surface area contributed by atoms with Crippen LogP contribution in [-0.4, -0.2) is 18.0 Å². The number of hydrogen-bond acceptors (Lipinski definition) is 2. The van der Waals surface area contributed by atoms with E-state index >= 15 is 0 Å². The molecular weight excluding hydrogens is 260 g/mol. The summed E-state index contributed by atoms with van der Waals surface area (Å²) in [5.74, 6) is 0.284. The molecule has 0 saturated carbocycles. The Bertz CT molecular complexity index is 250. The Labute approximate surface area is 133 Å². The van der Waals surface area contributed by atoms with Crippen LogP contribution < -0.4 is 0 Å². The van der Waals surface area contributed by atoms with Crippen LogP contribution in [0.15, 0.2) is 0 Å². The second-order valence-corrected chi connectivity index (χ2v) is 6.37. The molecule has 0 spiro atoms. The number of Topliss-reactive ketones (excluding diaryl/α,β-unsaturated/α-hetero) is 1. The lowest BCUT2D eigenvalue weighted by Gasteiger charge is -2.26. The van der Waals surface area contributed by atoms with Crippen molar-refractivity contribution in [3.8, 4) is 0 Å². The van der Waals surface area contributed by atoms with Crippen LogP contribution in [0.5, 0.6) is 0 Å². The Morgan fingerprint density at radius 3 is 1.71 bits per heavy atom. The highest BCUT2D eigenvalue weighted by atomic mass is 16.5. The molecule has 0 aliphatic rings. The van der Waals surface area contributed by atoms with Crippen molar-refractivity contribution in [3.05, 3.63) is 0 Å². The maximum Gasteiger partial charge on any atom is 0.164 e. The number of ketones is 1. The summed E-state index contributed by atoms with van der Waals surface area (Å²) in [7, 11) is 0. The Hall–Kier alpha value is -0.370. The van der Waals surface area contributed by atoms with Crippen LogP contribution in [0.25, 0.3) is 0 Å². The normalized spacial score (nSPS) is 14.1. The van der Waals surface area contributed by atoms with Crippen LogP contribution in [0.4, 0.5) is 0 Å². The molecule has 126 valence electrons. The van der Waals surface area contributed by atoms with Gasteiger partial charge in [0, 0.05) is 13.0 Å². The van der Waals surface area contributed by atoms with E-state index in [1.165, 1.54) is 57.8 Å². The molecule has 0 saturated heterocycles. The maximum atomic E-state index is 12.2. The van der Waals surface area contributed by atoms with Crippen molar-refractivity contribution in [1.29, 1.82) is 0 Å². The van der Waals surface area contributed by atoms with Crippen molar-refractivity contribution < 1.29 is 9.53 Å². The van der Waals surface area contributed by atoms with Crippen molar-refractivity contribution in [2.24, 2.45) is 0 Å². The SMILES string of the molecule is CCCCCCCCCCCCC(=O)C(C)(CC)OCC. The minimum atomic E-state index is -0.548. The monoisotopic (exact) mass is 298 g/mol. The van der Waals surface area contributed by atoms with Crippen molar-refractivity contribution in [2.75, 3.05) is 6.61 Å². The molecule has 0 aromatic carbocycles. The minimum Gasteiger partial charge on any atom is -0.368 e. The predicted molar refractivity (Wildman–Crippen MR) is 91.8 cm³/mol. The molecule has 0 heterocycles. The van der Waals surface area contributed by atoms with E-state index in [1.54, 1.807) is 0 Å². The zero-order chi connectivity index (χ0) is 16.0. The summed E-state index contributed by atoms with van der Waals surface area (Å²) in [5, 5.41) is 0. The molecule has 0 radical (unpaired) electrons. The largest absolute Gasteiger partial charge is 0.368 e. The molecule has 0 amide bonds. The van der Waals surface area contributed by atoms with Crippen molar-refractivity contribution >= 4 is 5.78 Å². The summed E-state index contributed by atoms with van der Waals surface area (Å²) in [6.07, 6.45) is 14.5. The fourth-order valence-corrected chi connectivity index (χ4v) is 2.74. The molecule has 0 aliphatic carbocycles. The number of unbranched alkanes of at least 4 members (excludes halogenated alkanes) is 9. The van der Waals surface area contributed by atoms with E-state index in [0.29, 0.717) is 13.0 Å². The van der Waals surface area contributed by atoms with Crippen LogP contribution in [0.1, 0.15) is 105 Å². The first kappa shape index (κ1) is 20.6. The Balaban J connectivity index is 3.51. The van der Waals surface area contributed by atoms with Gasteiger partial charge < -0.3 is 4.74 Å². The topological polar surface area (TPSA) is 26.3 Å². The fourth-order valence-electron chi connectivity index (χ4n) is 2.74. The highest BCUT2D eigenvalue weighted by Gasteiger charge is 2.30. The summed E-state index contributed by atoms with van der Waals surface area (Å²) in [6.45, 7) is 8.81. The average Bonchev–Trinajstić information content (AvgIpc) is 2.49. The summed E-state index contributed by atoms with van der Waals surface area (Å²) in [5.41, 5.74) is -0.548. The molecule has 0 aromatic rings. The number of carbonyl (C=O) groups is 1. The van der Waals surface area contributed by atoms with Crippen LogP contribution in [0.3, 0.4) is 0 Å². The molecule has 0 rings (SSSR count). The van der Waals surface area contributed by atoms with Gasteiger partial charge in [0.2, 0.25) is 0 Å². The van der Waals surface area contributed by atoms with Gasteiger partial charge >= 0.3 is 0 Å². The summed E-state index contributed by atoms with van der Waals surface area (Å²) < 4.78 is 5.63. The number of hydrogen-bond donors (Lipinski definition) is 0. The van der Waals surface area contributed by atoms with Crippen molar-refractivity contribution in [2.45, 2.75) is 110 Å². The maximum absolute atomic E-state index is 12.2. The average molecular weight is 299 g/mol. The number of carbonyl (C=O) groups excluding carboxylic acids is 1. The second kappa shape index (κ2) is 13.3. The summed E-state index contributed by atoms with van der Waals surface area (Å²) in [6, 6.07) is 0. The molecule has 0 N–H and O–H groups in total. The third-order valence-electron chi connectivity index (χ3n) is 4.48. The van der Waals surface area contributed by atoms with E-state index in [-0.39, 0.29) is 5.78 Å². The van der Waals surface area contributed by atoms with Crippen LogP contribution in [-0.2, 0) is 9.53 Å². The van der Waals surface area contributed by atoms with Crippen molar-refractivity contribution in [1.82, 2.24) is 0 Å². The first-order chi connectivity index (χ1) is 10.1. The number of ether oxygens (including phenoxy) is 1. The zero-order valence-corrected chi connectivity index (χ0v) is 15.0. The van der Waals surface area contributed by atoms with Gasteiger partial charge in [0.15, 0.2) is 5.78 Å². The van der Waals surface area contributed by atoms with Gasteiger partial charge in [0.1, 0.15) is 5.60 Å². The molecule has 21 heavy (non-hydrogen) atoms. The van der Waals surface area contributed by atoms with Crippen LogP contribution >= 0.6 is 0 Å². The van der Waals surface area contributed by atoms with E-state index in [2.05, 4.69) is 6.92 Å². The highest BCUT2D eigenvalue weighted by Crippen LogP contribution is 2.20. The smallest absolute Gasteiger partial charge is 0.164 e. The zero-order valence-electron chi connectivity index (χ0n) is 15.0. The molecule has 2 nitrogen and oxygen atoms in total. The lowest BCUT2D eigenvalue weighted by molar-refractivity contribution is -0.142. The molecular formula is C19H38O2. The van der Waals surface area contributed by atoms with E-state index in [0.717, 1.165) is 12.8 Å². The minimum absolute atomic E-state index is 0.284. The molecule has 2 heteroatoms. The van der Waals surface area contributed by atoms with E-state index in [9.17, 15) is 4.79 Å². The Kier molecular flexibility index (Phi) is 13.1. The second-order valence-electron chi connectivity index (χ2n) is 6.37. The third kappa shape index (κ3) is 10.1. The molecule has 1 atom stereocenters. The van der Waals surface area contributed by atoms with Gasteiger partial charge in [-0.2, -0.15) is 0 Å².